The van der Waals surface area contributed by atoms with Crippen molar-refractivity contribution in [3.63, 3.8) is 0 Å². The molecular formula is C19H27N3O4S. The van der Waals surface area contributed by atoms with Gasteiger partial charge in [0.05, 0.1) is 12.4 Å². The van der Waals surface area contributed by atoms with E-state index in [2.05, 4.69) is 10.1 Å². The number of hydrogen-bond donors (Lipinski definition) is 0. The molecule has 0 bridgehead atoms. The Morgan fingerprint density at radius 2 is 2.19 bits per heavy atom. The number of hydrogen-bond acceptors (Lipinski definition) is 6. The van der Waals surface area contributed by atoms with E-state index in [1.165, 1.54) is 0 Å². The zero-order valence-corrected chi connectivity index (χ0v) is 16.7. The standard InChI is InChI=1S/C19H27N3O4S/c1-3-13-27(23,24)22-11-5-4-9-17(22)19-20-18(21-26-19)10-12-25-16-8-6-7-15(2)14-16/h6-8,14,17H,3-5,9-13H2,1-2H3. The predicted octanol–water partition coefficient (Wildman–Crippen LogP) is 3.27. The van der Waals surface area contributed by atoms with E-state index in [0.717, 1.165) is 24.2 Å². The average molecular weight is 394 g/mol. The van der Waals surface area contributed by atoms with Crippen LogP contribution in [0.5, 0.6) is 5.75 Å². The van der Waals surface area contributed by atoms with Crippen molar-refractivity contribution in [2.45, 2.75) is 52.0 Å². The molecule has 7 nitrogen and oxygen atoms in total. The fourth-order valence-electron chi connectivity index (χ4n) is 3.33. The molecule has 148 valence electrons. The molecule has 1 fully saturated rings. The molecule has 0 saturated carbocycles. The molecule has 2 aromatic rings. The third-order valence-corrected chi connectivity index (χ3v) is 6.70. The maximum absolute atomic E-state index is 12.5. The minimum atomic E-state index is -3.30. The number of benzene rings is 1. The van der Waals surface area contributed by atoms with Crippen molar-refractivity contribution in [1.29, 1.82) is 0 Å². The van der Waals surface area contributed by atoms with Crippen LogP contribution in [0.3, 0.4) is 0 Å². The van der Waals surface area contributed by atoms with Gasteiger partial charge in [-0.1, -0.05) is 30.6 Å². The fraction of sp³-hybridized carbons (Fsp3) is 0.579. The Kier molecular flexibility index (Phi) is 6.49. The summed E-state index contributed by atoms with van der Waals surface area (Å²) >= 11 is 0. The Bertz CT molecular complexity index is 850. The first-order valence-corrected chi connectivity index (χ1v) is 11.1. The van der Waals surface area contributed by atoms with E-state index in [0.29, 0.717) is 44.1 Å². The first kappa shape index (κ1) is 19.8. The number of nitrogens with zero attached hydrogens (tertiary/aromatic N) is 3. The molecule has 1 aromatic carbocycles. The molecule has 0 N–H and O–H groups in total. The van der Waals surface area contributed by atoms with Crippen LogP contribution in [0.4, 0.5) is 0 Å². The van der Waals surface area contributed by atoms with E-state index in [1.54, 1.807) is 4.31 Å². The van der Waals surface area contributed by atoms with E-state index >= 15 is 0 Å². The van der Waals surface area contributed by atoms with Crippen LogP contribution in [-0.2, 0) is 16.4 Å². The minimum Gasteiger partial charge on any atom is -0.493 e. The highest BCUT2D eigenvalue weighted by Crippen LogP contribution is 2.32. The molecule has 1 atom stereocenters. The third kappa shape index (κ3) is 5.07. The Labute approximate surface area is 160 Å². The Balaban J connectivity index is 1.63. The summed E-state index contributed by atoms with van der Waals surface area (Å²) in [6, 6.07) is 7.49. The lowest BCUT2D eigenvalue weighted by atomic mass is 10.1. The number of piperidine rings is 1. The van der Waals surface area contributed by atoms with Crippen LogP contribution >= 0.6 is 0 Å². The highest BCUT2D eigenvalue weighted by atomic mass is 32.2. The summed E-state index contributed by atoms with van der Waals surface area (Å²) in [7, 11) is -3.30. The van der Waals surface area contributed by atoms with Crippen molar-refractivity contribution in [3.8, 4) is 5.75 Å². The predicted molar refractivity (Wildman–Crippen MR) is 102 cm³/mol. The van der Waals surface area contributed by atoms with Gasteiger partial charge >= 0.3 is 0 Å². The molecule has 1 unspecified atom stereocenters. The van der Waals surface area contributed by atoms with Gasteiger partial charge in [-0.3, -0.25) is 0 Å². The lowest BCUT2D eigenvalue weighted by Gasteiger charge is -2.32. The van der Waals surface area contributed by atoms with Crippen LogP contribution in [-0.4, -0.2) is 41.8 Å². The number of aromatic nitrogens is 2. The molecule has 0 amide bonds. The molecule has 0 spiro atoms. The van der Waals surface area contributed by atoms with Gasteiger partial charge in [-0.2, -0.15) is 9.29 Å². The van der Waals surface area contributed by atoms with E-state index < -0.39 is 10.0 Å². The van der Waals surface area contributed by atoms with Crippen molar-refractivity contribution in [2.24, 2.45) is 0 Å². The third-order valence-electron chi connectivity index (χ3n) is 4.63. The van der Waals surface area contributed by atoms with Crippen molar-refractivity contribution in [1.82, 2.24) is 14.4 Å². The number of sulfonamides is 1. The molecule has 2 heterocycles. The summed E-state index contributed by atoms with van der Waals surface area (Å²) in [5.74, 6) is 1.88. The number of aryl methyl sites for hydroxylation is 1. The highest BCUT2D eigenvalue weighted by molar-refractivity contribution is 7.89. The van der Waals surface area contributed by atoms with Gasteiger partial charge in [0.1, 0.15) is 11.8 Å². The second-order valence-electron chi connectivity index (χ2n) is 6.90. The first-order valence-electron chi connectivity index (χ1n) is 9.51. The van der Waals surface area contributed by atoms with Crippen LogP contribution in [0.25, 0.3) is 0 Å². The zero-order valence-electron chi connectivity index (χ0n) is 15.9. The smallest absolute Gasteiger partial charge is 0.245 e. The zero-order chi connectivity index (χ0) is 19.3. The van der Waals surface area contributed by atoms with Gasteiger partial charge in [0, 0.05) is 13.0 Å². The Morgan fingerprint density at radius 3 is 2.96 bits per heavy atom. The second-order valence-corrected chi connectivity index (χ2v) is 8.94. The molecule has 1 aliphatic heterocycles. The van der Waals surface area contributed by atoms with Gasteiger partial charge in [-0.15, -0.1) is 0 Å². The Morgan fingerprint density at radius 1 is 1.33 bits per heavy atom. The van der Waals surface area contributed by atoms with E-state index in [1.807, 2.05) is 38.1 Å². The molecule has 3 rings (SSSR count). The summed E-state index contributed by atoms with van der Waals surface area (Å²) in [5.41, 5.74) is 1.14. The van der Waals surface area contributed by atoms with Gasteiger partial charge < -0.3 is 9.26 Å². The van der Waals surface area contributed by atoms with Crippen molar-refractivity contribution < 1.29 is 17.7 Å². The molecule has 0 radical (unpaired) electrons. The lowest BCUT2D eigenvalue weighted by Crippen LogP contribution is -2.39. The molecule has 8 heteroatoms. The molecule has 1 aliphatic rings. The highest BCUT2D eigenvalue weighted by Gasteiger charge is 2.36. The number of rotatable bonds is 8. The van der Waals surface area contributed by atoms with Crippen molar-refractivity contribution in [2.75, 3.05) is 18.9 Å². The number of ether oxygens (including phenoxy) is 1. The molecule has 0 aliphatic carbocycles. The first-order chi connectivity index (χ1) is 13.0. The summed E-state index contributed by atoms with van der Waals surface area (Å²) in [6.07, 6.45) is 3.63. The van der Waals surface area contributed by atoms with Crippen LogP contribution in [0.2, 0.25) is 0 Å². The summed E-state index contributed by atoms with van der Waals surface area (Å²) in [6.45, 7) is 4.84. The largest absolute Gasteiger partial charge is 0.493 e. The van der Waals surface area contributed by atoms with Crippen LogP contribution < -0.4 is 4.74 Å². The summed E-state index contributed by atoms with van der Waals surface area (Å²) < 4.78 is 37.8. The second kappa shape index (κ2) is 8.84. The Hall–Kier alpha value is -1.93. The van der Waals surface area contributed by atoms with Gasteiger partial charge in [0.15, 0.2) is 5.82 Å². The van der Waals surface area contributed by atoms with Crippen LogP contribution in [0.15, 0.2) is 28.8 Å². The maximum Gasteiger partial charge on any atom is 0.245 e. The normalized spacial score (nSPS) is 18.5. The van der Waals surface area contributed by atoms with Crippen LogP contribution in [0, 0.1) is 6.92 Å². The maximum atomic E-state index is 12.5. The van der Waals surface area contributed by atoms with Crippen molar-refractivity contribution in [3.05, 3.63) is 41.5 Å². The summed E-state index contributed by atoms with van der Waals surface area (Å²) in [4.78, 5) is 4.44. The lowest BCUT2D eigenvalue weighted by molar-refractivity contribution is 0.204. The minimum absolute atomic E-state index is 0.148. The SMILES string of the molecule is CCCS(=O)(=O)N1CCCCC1c1nc(CCOc2cccc(C)c2)no1. The van der Waals surface area contributed by atoms with Gasteiger partial charge in [0.25, 0.3) is 0 Å². The van der Waals surface area contributed by atoms with Gasteiger partial charge in [-0.05, 0) is 43.9 Å². The quantitative estimate of drug-likeness (QED) is 0.684. The van der Waals surface area contributed by atoms with E-state index in [-0.39, 0.29) is 11.8 Å². The molecule has 1 aromatic heterocycles. The molecule has 1 saturated heterocycles. The monoisotopic (exact) mass is 393 g/mol. The summed E-state index contributed by atoms with van der Waals surface area (Å²) in [5, 5.41) is 4.02. The van der Waals surface area contributed by atoms with Gasteiger partial charge in [-0.25, -0.2) is 8.42 Å². The van der Waals surface area contributed by atoms with E-state index in [4.69, 9.17) is 9.26 Å². The molecule has 27 heavy (non-hydrogen) atoms. The van der Waals surface area contributed by atoms with E-state index in [9.17, 15) is 8.42 Å². The van der Waals surface area contributed by atoms with Crippen molar-refractivity contribution >= 4 is 10.0 Å². The fourth-order valence-corrected chi connectivity index (χ4v) is 5.07. The average Bonchev–Trinajstić information content (AvgIpc) is 3.11. The van der Waals surface area contributed by atoms with Crippen LogP contribution in [0.1, 0.15) is 55.9 Å². The van der Waals surface area contributed by atoms with Gasteiger partial charge in [0.2, 0.25) is 15.9 Å². The molecular weight excluding hydrogens is 366 g/mol. The topological polar surface area (TPSA) is 85.5 Å².